The number of hydrogen-bond donors (Lipinski definition) is 10. The summed E-state index contributed by atoms with van der Waals surface area (Å²) < 4.78 is 235. The van der Waals surface area contributed by atoms with Crippen molar-refractivity contribution in [1.29, 1.82) is 21.0 Å². The Bertz CT molecular complexity index is 8160. The molecule has 0 saturated heterocycles. The summed E-state index contributed by atoms with van der Waals surface area (Å²) in [5.41, 5.74) is 14.2. The number of benzene rings is 5. The number of nitrogens with two attached hydrogens (primary N) is 3. The molecule has 0 spiro atoms. The number of hydrogen-bond acceptors (Lipinski definition) is 31. The van der Waals surface area contributed by atoms with E-state index in [0.717, 1.165) is 41.9 Å². The van der Waals surface area contributed by atoms with Crippen molar-refractivity contribution < 1.29 is 166 Å². The quantitative estimate of drug-likeness (QED) is 0.0105. The number of nitrogens with zero attached hydrogens (tertiary/aromatic N) is 15. The summed E-state index contributed by atoms with van der Waals surface area (Å²) >= 11 is 78.7. The van der Waals surface area contributed by atoms with E-state index in [0.29, 0.717) is 32.5 Å². The largest absolute Gasteiger partial charge is 1.00 e. The smallest absolute Gasteiger partial charge is 0.850 e. The molecule has 1 atom stereocenters. The summed E-state index contributed by atoms with van der Waals surface area (Å²) in [6.45, 7) is -13.8. The number of imide groups is 2. The molecule has 790 valence electrons. The maximum absolute atomic E-state index is 12.3. The molecule has 0 bridgehead atoms. The Morgan fingerprint density at radius 2 is 0.887 bits per heavy atom. The molecule has 0 aliphatic carbocycles. The van der Waals surface area contributed by atoms with Gasteiger partial charge in [-0.05, 0) is 169 Å². The Morgan fingerprint density at radius 1 is 0.533 bits per heavy atom. The van der Waals surface area contributed by atoms with Crippen molar-refractivity contribution in [1.82, 2.24) is 76.4 Å². The number of hydrazone groups is 1. The van der Waals surface area contributed by atoms with E-state index in [2.05, 4.69) is 80.9 Å². The van der Waals surface area contributed by atoms with Crippen molar-refractivity contribution in [3.63, 3.8) is 0 Å². The molecule has 54 heteroatoms. The third-order valence-corrected chi connectivity index (χ3v) is 20.6. The van der Waals surface area contributed by atoms with Crippen molar-refractivity contribution in [2.75, 3.05) is 42.4 Å². The summed E-state index contributed by atoms with van der Waals surface area (Å²) in [5.74, 6) is -13.7. The number of aliphatic carboxylic acids is 1. The van der Waals surface area contributed by atoms with Crippen LogP contribution in [0, 0.1) is 51.9 Å². The Kier molecular flexibility index (Phi) is 44.5. The number of H-pyrrole nitrogens is 4. The topological polar surface area (TPSA) is 633 Å². The summed E-state index contributed by atoms with van der Waals surface area (Å²) in [5, 5.41) is 99.3. The molecule has 150 heavy (non-hydrogen) atoms. The number of nitrogen functional groups attached to an aromatic ring is 3. The number of alkyl carbamates (subject to hydrolysis) is 2. The third-order valence-electron chi connectivity index (χ3n) is 16.5. The minimum Gasteiger partial charge on any atom is -0.850 e. The van der Waals surface area contributed by atoms with Gasteiger partial charge in [-0.3, -0.25) is 49.8 Å². The van der Waals surface area contributed by atoms with Crippen LogP contribution >= 0.6 is 151 Å². The summed E-state index contributed by atoms with van der Waals surface area (Å²) in [6.07, 6.45) is -1.87. The second-order valence-electron chi connectivity index (χ2n) is 28.8. The summed E-state index contributed by atoms with van der Waals surface area (Å²) in [4.78, 5) is 118. The number of amides is 4. The van der Waals surface area contributed by atoms with Gasteiger partial charge in [0.1, 0.15) is 18.1 Å². The van der Waals surface area contributed by atoms with Gasteiger partial charge in [0.25, 0.3) is 34.7 Å². The minimum atomic E-state index is -2.99. The van der Waals surface area contributed by atoms with E-state index in [-0.39, 0.29) is 265 Å². The van der Waals surface area contributed by atoms with Crippen molar-refractivity contribution >= 4 is 209 Å². The van der Waals surface area contributed by atoms with Crippen LogP contribution in [0.25, 0.3) is 10.5 Å². The van der Waals surface area contributed by atoms with Crippen LogP contribution in [-0.2, 0) is 49.5 Å². The number of anilines is 4. The van der Waals surface area contributed by atoms with Crippen LogP contribution in [0.15, 0.2) is 120 Å². The molecule has 0 saturated carbocycles. The molecule has 4 amide bonds. The maximum Gasteiger partial charge on any atom is 1.00 e. The molecule has 6 heterocycles. The number of carbonyl (C=O) groups excluding carboxylic acids is 5. The SMILES string of the molecule is C.C.CC(=O)[O-].CC(C)(C)[O-].N#CCc1c(Cl)cc(N)cc1Cl.[2H]C([2H])([2H])C(c1cc(C(C#N)c2c(Cl)cc(N)cc2Cl)nnc1Cl)C([2H])([2H])[2H].[2H]C([2H])([2H])C(c1cc(Cc2c(Cl)cc(-n3nc(C#N)c(=O)[nH]c3=O)cc2Cl)n[nH]c1=O)C([2H])([2H])[2H].[2H]C([2H])([2H])C(c1cc(Cc2c(Cl)cc(N)cc2Cl)n[nH]c1=O)C([2H])([2H])[2H].[2H]C([2H])([2H])C(c1cc(Cc2c(Cl)cc(N/N=C(\C#N)C(=O)NC(=O)OCC)cc2Cl)n[nH]c1=O)C([2H])([2H])[2H].[2H]C([2H])([2H])C(c1cc(Cl)nnc1Cl)C([2H])([2H])[2H].[C-]#[N+]CC(=O)NC(=O)OCC.[K+].[Na+]. The van der Waals surface area contributed by atoms with Gasteiger partial charge in [-0.1, -0.05) is 255 Å². The number of ether oxygens (including phenoxy) is 2. The normalized spacial score (nSPS) is 14.2. The maximum atomic E-state index is 12.3. The molecule has 0 radical (unpaired) electrons. The number of nitrogens with one attached hydrogen (secondary N) is 7. The predicted molar refractivity (Wildman–Crippen MR) is 576 cm³/mol. The molecular weight excluding hydrogens is 2250 g/mol. The first-order valence-electron chi connectivity index (χ1n) is 54.8. The van der Waals surface area contributed by atoms with E-state index in [9.17, 15) is 53.5 Å². The van der Waals surface area contributed by atoms with E-state index in [1.54, 1.807) is 45.9 Å². The zero-order valence-corrected chi connectivity index (χ0v) is 92.6. The molecule has 5 aromatic carbocycles. The van der Waals surface area contributed by atoms with Crippen LogP contribution in [-0.4, -0.2) is 127 Å². The summed E-state index contributed by atoms with van der Waals surface area (Å²) in [7, 11) is 0. The van der Waals surface area contributed by atoms with E-state index in [1.165, 1.54) is 61.5 Å². The Labute approximate surface area is 1040 Å². The minimum absolute atomic E-state index is 0. The third kappa shape index (κ3) is 48.7. The fraction of sp³-hybridized carbons (Fsp3) is 0.333. The second-order valence-corrected chi connectivity index (χ2v) is 33.9. The monoisotopic (exact) mass is 2380 g/mol. The fourth-order valence-corrected chi connectivity index (χ4v) is 14.1. The zero-order chi connectivity index (χ0) is 136. The first kappa shape index (κ1) is 95.4. The molecule has 0 aliphatic rings. The standard InChI is InChI=1S/C20H20Cl2N6O4.C18H14Cl2N6O3.C15H13Cl3N4.C14H15Cl2N3O.C8H6Cl2N2.C7H8Cl2N2.C6H8N2O3.C4H9O.C2H4O2.2CH4.K.Na/c1-4-32-20(31)24-19(30)17(9-23)27-25-12-7-15(21)14(16(22)8-12)6-11-5-13(10(2)3)18(29)28-26-11;1-8(2)11-3-9(23-24-16(11)27)4-12-13(19)5-10(6-14(12)20)26-18(29)22-17(28)15(7-21)25-26;1-7(2)9-5-13(21-22-15(9)18)10(6-19)14-11(16)3-8(20)4-12(14)17;1-7(2)10-5-9(18-19-14(10)20)6-11-12(15)3-8(17)4-13(11)16;9-7-3-5(12)4-8(10)6(7)1-2-11;1-4(2)5-3-6(8)10-11-7(5)9;1-3-11-6(10)8-5(9)4-7-2;1-4(2,3)5;1-2(3)4;;;;/h5,7-8,10,25H,4,6H2,1-3H3,(H,28,29)(H,24,30,31);3,5-6,8H,4H2,1-2H3,(H,24,27)(H,22,28,29);3-5,7,10H,20H2,1-2H3;3-5,7H,6,17H2,1-2H3,(H,19,20);3-4H,1,12H2;3-4H,1-2H3;3-4H2,1H3,(H,8,9,10);1-3H3;1H3,(H,3,4);2*1H4;;/q;;;;;;;-1;;;;2*+1/p-1/b27-17+;;;;;;;;;;;;/i2D3,3D3;3*1D3,2D3;;1D3,2D3;;;;;;;. The number of carbonyl (C=O) groups is 5. The van der Waals surface area contributed by atoms with Crippen LogP contribution in [0.3, 0.4) is 0 Å². The van der Waals surface area contributed by atoms with E-state index < -0.39 is 196 Å². The van der Waals surface area contributed by atoms with E-state index in [1.807, 2.05) is 27.8 Å². The molecule has 39 nitrogen and oxygen atoms in total. The second kappa shape index (κ2) is 70.0. The van der Waals surface area contributed by atoms with Gasteiger partial charge in [-0.2, -0.15) is 51.2 Å². The van der Waals surface area contributed by atoms with Gasteiger partial charge in [-0.15, -0.1) is 26.0 Å². The molecular formula is C96H104Cl13KN25NaO14. The predicted octanol–water partition coefficient (Wildman–Crippen LogP) is 13.3. The van der Waals surface area contributed by atoms with Crippen LogP contribution in [0.1, 0.15) is 286 Å². The Morgan fingerprint density at radius 3 is 1.25 bits per heavy atom. The fourth-order valence-electron chi connectivity index (χ4n) is 10.3. The van der Waals surface area contributed by atoms with Gasteiger partial charge in [0.15, 0.2) is 15.5 Å². The first-order chi connectivity index (χ1) is 80.4. The first-order valence-corrected chi connectivity index (χ1v) is 44.8. The zero-order valence-electron chi connectivity index (χ0n) is 108. The van der Waals surface area contributed by atoms with E-state index in [4.69, 9.17) is 241 Å². The number of halogens is 13. The molecule has 13 N–H and O–H groups in total. The molecule has 6 aromatic heterocycles. The van der Waals surface area contributed by atoms with Crippen molar-refractivity contribution in [3.05, 3.63) is 304 Å². The Balaban J connectivity index is 0. The molecule has 1 unspecified atom stereocenters. The number of aromatic amines is 4. The van der Waals surface area contributed by atoms with Gasteiger partial charge in [0.05, 0.1) is 65.9 Å². The van der Waals surface area contributed by atoms with Crippen molar-refractivity contribution in [2.45, 2.75) is 192 Å². The van der Waals surface area contributed by atoms with Crippen LogP contribution in [0.5, 0.6) is 0 Å². The van der Waals surface area contributed by atoms with Gasteiger partial charge in [0.2, 0.25) is 11.4 Å². The summed E-state index contributed by atoms with van der Waals surface area (Å²) in [6, 6.07) is 26.7. The average molecular weight is 2390 g/mol. The van der Waals surface area contributed by atoms with Crippen LogP contribution in [0.2, 0.25) is 65.7 Å². The van der Waals surface area contributed by atoms with Crippen LogP contribution < -0.4 is 152 Å². The molecule has 0 fully saturated rings. The van der Waals surface area contributed by atoms with Gasteiger partial charge < -0.3 is 46.5 Å². The molecule has 0 aliphatic heterocycles. The van der Waals surface area contributed by atoms with Crippen LogP contribution in [0.4, 0.5) is 32.3 Å². The average Bonchev–Trinajstić information content (AvgIpc) is 0.793. The Hall–Kier alpha value is -10.5. The molecule has 11 rings (SSSR count). The number of aromatic nitrogens is 13. The van der Waals surface area contributed by atoms with E-state index >= 15 is 0 Å². The number of carboxylic acids is 1. The van der Waals surface area contributed by atoms with Crippen molar-refractivity contribution in [3.8, 4) is 30.0 Å². The molecule has 11 aromatic rings. The number of rotatable bonds is 21. The number of nitriles is 4. The van der Waals surface area contributed by atoms with Gasteiger partial charge in [0, 0.05) is 161 Å². The van der Waals surface area contributed by atoms with Gasteiger partial charge in [-0.25, -0.2) is 36.3 Å². The van der Waals surface area contributed by atoms with Gasteiger partial charge >= 0.3 is 105 Å². The number of carboxylic acid groups (broad SMARTS) is 1. The van der Waals surface area contributed by atoms with Crippen molar-refractivity contribution in [2.24, 2.45) is 5.10 Å².